The lowest BCUT2D eigenvalue weighted by molar-refractivity contribution is -0.137. The molecule has 0 unspecified atom stereocenters. The van der Waals surface area contributed by atoms with Crippen molar-refractivity contribution in [1.29, 1.82) is 0 Å². The zero-order chi connectivity index (χ0) is 13.0. The molecular formula is C10H14N4O3S. The van der Waals surface area contributed by atoms with E-state index in [0.717, 1.165) is 29.2 Å². The summed E-state index contributed by atoms with van der Waals surface area (Å²) < 4.78 is 1.15. The van der Waals surface area contributed by atoms with Crippen LogP contribution in [0.4, 0.5) is 0 Å². The Bertz CT molecular complexity index is 440. The molecule has 18 heavy (non-hydrogen) atoms. The van der Waals surface area contributed by atoms with Crippen LogP contribution in [0.5, 0.6) is 0 Å². The van der Waals surface area contributed by atoms with Crippen LogP contribution in [0.1, 0.15) is 16.9 Å². The molecule has 2 rings (SSSR count). The van der Waals surface area contributed by atoms with Gasteiger partial charge in [0.2, 0.25) is 0 Å². The molecule has 1 saturated heterocycles. The molecule has 0 spiro atoms. The molecule has 8 heteroatoms. The molecule has 2 heterocycles. The second-order valence-corrected chi connectivity index (χ2v) is 5.18. The van der Waals surface area contributed by atoms with E-state index in [1.807, 2.05) is 11.8 Å². The number of carbonyl (C=O) groups is 2. The first-order valence-electron chi connectivity index (χ1n) is 5.66. The lowest BCUT2D eigenvalue weighted by Crippen LogP contribution is -2.33. The number of rotatable bonds is 3. The molecule has 1 fully saturated rings. The Balaban J connectivity index is 2.03. The third kappa shape index (κ3) is 3.22. The van der Waals surface area contributed by atoms with Gasteiger partial charge in [-0.15, -0.1) is 5.10 Å². The molecule has 1 N–H and O–H groups in total. The fourth-order valence-corrected chi connectivity index (χ4v) is 2.61. The monoisotopic (exact) mass is 270 g/mol. The van der Waals surface area contributed by atoms with Crippen LogP contribution in [0.25, 0.3) is 0 Å². The molecule has 1 amide bonds. The number of aliphatic carboxylic acids is 1. The van der Waals surface area contributed by atoms with Gasteiger partial charge in [0.1, 0.15) is 6.54 Å². The van der Waals surface area contributed by atoms with Crippen molar-refractivity contribution in [1.82, 2.24) is 19.9 Å². The topological polar surface area (TPSA) is 88.3 Å². The van der Waals surface area contributed by atoms with Crippen molar-refractivity contribution >= 4 is 23.6 Å². The largest absolute Gasteiger partial charge is 0.480 e. The number of amides is 1. The maximum atomic E-state index is 12.1. The van der Waals surface area contributed by atoms with Gasteiger partial charge in [-0.05, 0) is 12.2 Å². The Morgan fingerprint density at radius 2 is 2.22 bits per heavy atom. The predicted octanol–water partition coefficient (Wildman–Crippen LogP) is -0.0582. The number of hydrogen-bond donors (Lipinski definition) is 1. The fraction of sp³-hybridized carbons (Fsp3) is 0.600. The maximum absolute atomic E-state index is 12.1. The number of aromatic nitrogens is 3. The molecule has 1 aromatic heterocycles. The third-order valence-electron chi connectivity index (χ3n) is 2.56. The molecule has 1 aromatic rings. The Morgan fingerprint density at radius 3 is 3.00 bits per heavy atom. The fourth-order valence-electron chi connectivity index (χ4n) is 1.72. The van der Waals surface area contributed by atoms with Crippen LogP contribution in [0.2, 0.25) is 0 Å². The van der Waals surface area contributed by atoms with E-state index in [1.54, 1.807) is 4.90 Å². The molecule has 0 atom stereocenters. The molecule has 1 aliphatic heterocycles. The molecule has 0 radical (unpaired) electrons. The van der Waals surface area contributed by atoms with E-state index < -0.39 is 5.97 Å². The highest BCUT2D eigenvalue weighted by Gasteiger charge is 2.20. The maximum Gasteiger partial charge on any atom is 0.325 e. The summed E-state index contributed by atoms with van der Waals surface area (Å²) in [7, 11) is 0. The molecule has 0 aliphatic carbocycles. The smallest absolute Gasteiger partial charge is 0.325 e. The highest BCUT2D eigenvalue weighted by molar-refractivity contribution is 7.99. The zero-order valence-corrected chi connectivity index (χ0v) is 10.6. The second-order valence-electron chi connectivity index (χ2n) is 3.95. The van der Waals surface area contributed by atoms with Crippen molar-refractivity contribution in [3.63, 3.8) is 0 Å². The van der Waals surface area contributed by atoms with E-state index in [-0.39, 0.29) is 18.1 Å². The quantitative estimate of drug-likeness (QED) is 0.828. The Kier molecular flexibility index (Phi) is 4.19. The number of carboxylic acid groups (broad SMARTS) is 1. The highest BCUT2D eigenvalue weighted by atomic mass is 32.2. The van der Waals surface area contributed by atoms with Gasteiger partial charge in [0, 0.05) is 18.8 Å². The Morgan fingerprint density at radius 1 is 1.39 bits per heavy atom. The summed E-state index contributed by atoms with van der Waals surface area (Å²) in [5.41, 5.74) is 0.211. The summed E-state index contributed by atoms with van der Waals surface area (Å²) in [5, 5.41) is 16.0. The number of nitrogens with zero attached hydrogens (tertiary/aromatic N) is 4. The first-order valence-corrected chi connectivity index (χ1v) is 6.81. The van der Waals surface area contributed by atoms with Gasteiger partial charge in [-0.2, -0.15) is 11.8 Å². The van der Waals surface area contributed by atoms with Crippen LogP contribution < -0.4 is 0 Å². The van der Waals surface area contributed by atoms with Gasteiger partial charge in [0.25, 0.3) is 5.91 Å². The van der Waals surface area contributed by atoms with Crippen LogP contribution in [0.3, 0.4) is 0 Å². The normalized spacial score (nSPS) is 16.3. The number of thioether (sulfide) groups is 1. The SMILES string of the molecule is O=C(O)Cn1cc(C(=O)N2CCCSCC2)nn1. The lowest BCUT2D eigenvalue weighted by Gasteiger charge is -2.17. The van der Waals surface area contributed by atoms with Crippen molar-refractivity contribution in [3.05, 3.63) is 11.9 Å². The molecule has 7 nitrogen and oxygen atoms in total. The molecule has 0 saturated carbocycles. The van der Waals surface area contributed by atoms with Crippen LogP contribution in [-0.4, -0.2) is 61.5 Å². The van der Waals surface area contributed by atoms with Gasteiger partial charge in [-0.3, -0.25) is 9.59 Å². The van der Waals surface area contributed by atoms with E-state index in [2.05, 4.69) is 10.3 Å². The van der Waals surface area contributed by atoms with Crippen molar-refractivity contribution in [2.45, 2.75) is 13.0 Å². The second kappa shape index (κ2) is 5.85. The van der Waals surface area contributed by atoms with Gasteiger partial charge >= 0.3 is 5.97 Å². The van der Waals surface area contributed by atoms with E-state index in [1.165, 1.54) is 6.20 Å². The highest BCUT2D eigenvalue weighted by Crippen LogP contribution is 2.12. The number of carbonyl (C=O) groups excluding carboxylic acids is 1. The average Bonchev–Trinajstić information content (AvgIpc) is 2.63. The average molecular weight is 270 g/mol. The van der Waals surface area contributed by atoms with Crippen LogP contribution in [0, 0.1) is 0 Å². The number of hydrogen-bond acceptors (Lipinski definition) is 5. The first-order chi connectivity index (χ1) is 8.66. The van der Waals surface area contributed by atoms with Crippen molar-refractivity contribution in [2.75, 3.05) is 24.6 Å². The van der Waals surface area contributed by atoms with Crippen LogP contribution in [0.15, 0.2) is 6.20 Å². The molecule has 98 valence electrons. The lowest BCUT2D eigenvalue weighted by atomic mass is 10.3. The molecule has 0 bridgehead atoms. The molecule has 1 aliphatic rings. The Hall–Kier alpha value is -1.57. The summed E-state index contributed by atoms with van der Waals surface area (Å²) in [5.74, 6) is 0.809. The van der Waals surface area contributed by atoms with Crippen LogP contribution >= 0.6 is 11.8 Å². The standard InChI is InChI=1S/C10H14N4O3S/c15-9(16)7-14-6-8(11-12-14)10(17)13-2-1-4-18-5-3-13/h6H,1-5,7H2,(H,15,16). The summed E-state index contributed by atoms with van der Waals surface area (Å²) >= 11 is 1.83. The summed E-state index contributed by atoms with van der Waals surface area (Å²) in [6.07, 6.45) is 2.36. The van der Waals surface area contributed by atoms with Crippen LogP contribution in [-0.2, 0) is 11.3 Å². The van der Waals surface area contributed by atoms with E-state index >= 15 is 0 Å². The van der Waals surface area contributed by atoms with Crippen molar-refractivity contribution in [2.24, 2.45) is 0 Å². The summed E-state index contributed by atoms with van der Waals surface area (Å²) in [6.45, 7) is 1.14. The van der Waals surface area contributed by atoms with E-state index in [0.29, 0.717) is 6.54 Å². The predicted molar refractivity (Wildman–Crippen MR) is 65.5 cm³/mol. The minimum absolute atomic E-state index is 0.172. The molecular weight excluding hydrogens is 256 g/mol. The van der Waals surface area contributed by atoms with Gasteiger partial charge < -0.3 is 10.0 Å². The van der Waals surface area contributed by atoms with Crippen molar-refractivity contribution < 1.29 is 14.7 Å². The minimum Gasteiger partial charge on any atom is -0.480 e. The van der Waals surface area contributed by atoms with Gasteiger partial charge in [-0.25, -0.2) is 4.68 Å². The third-order valence-corrected chi connectivity index (χ3v) is 3.61. The van der Waals surface area contributed by atoms with Gasteiger partial charge in [-0.1, -0.05) is 5.21 Å². The van der Waals surface area contributed by atoms with E-state index in [9.17, 15) is 9.59 Å². The molecule has 0 aromatic carbocycles. The number of carboxylic acids is 1. The van der Waals surface area contributed by atoms with Gasteiger partial charge in [0.05, 0.1) is 6.20 Å². The zero-order valence-electron chi connectivity index (χ0n) is 9.78. The summed E-state index contributed by atoms with van der Waals surface area (Å²) in [4.78, 5) is 24.4. The van der Waals surface area contributed by atoms with Crippen molar-refractivity contribution in [3.8, 4) is 0 Å². The van der Waals surface area contributed by atoms with Gasteiger partial charge in [0.15, 0.2) is 5.69 Å². The van der Waals surface area contributed by atoms with E-state index in [4.69, 9.17) is 5.11 Å². The minimum atomic E-state index is -1.01. The first kappa shape index (κ1) is 12.9. The Labute approximate surface area is 108 Å². The summed E-state index contributed by atoms with van der Waals surface area (Å²) in [6, 6.07) is 0.